The van der Waals surface area contributed by atoms with Crippen molar-refractivity contribution in [3.8, 4) is 0 Å². The number of aliphatic hydroxyl groups is 3. The molecule has 6 heteroatoms. The van der Waals surface area contributed by atoms with E-state index in [0.29, 0.717) is 0 Å². The van der Waals surface area contributed by atoms with Crippen molar-refractivity contribution in [3.05, 3.63) is 22.8 Å². The Kier molecular flexibility index (Phi) is 40.9. The smallest absolute Gasteiger partial charge is 1.00 e. The van der Waals surface area contributed by atoms with E-state index in [0.717, 1.165) is 21.3 Å². The van der Waals surface area contributed by atoms with Crippen molar-refractivity contribution in [1.82, 2.24) is 0 Å². The van der Waals surface area contributed by atoms with E-state index in [1.54, 1.807) is 0 Å². The minimum absolute atomic E-state index is 0. The van der Waals surface area contributed by atoms with Gasteiger partial charge in [-0.1, -0.05) is 33.1 Å². The molecule has 0 aromatic carbocycles. The van der Waals surface area contributed by atoms with Gasteiger partial charge in [-0.2, -0.15) is 11.1 Å². The number of rotatable bonds is 0. The van der Waals surface area contributed by atoms with Gasteiger partial charge in [-0.15, -0.1) is 6.92 Å². The van der Waals surface area contributed by atoms with Crippen LogP contribution in [0.3, 0.4) is 0 Å². The van der Waals surface area contributed by atoms with Gasteiger partial charge < -0.3 is 40.1 Å². The number of hydrogen-bond donors (Lipinski definition) is 3. The quantitative estimate of drug-likeness (QED) is 0.367. The Morgan fingerprint density at radius 3 is 1.11 bits per heavy atom. The maximum atomic E-state index is 7.00. The third-order valence-electron chi connectivity index (χ3n) is 2.56. The first-order valence-electron chi connectivity index (χ1n) is 5.09. The predicted octanol–water partition coefficient (Wildman–Crippen LogP) is -4.06. The van der Waals surface area contributed by atoms with Gasteiger partial charge in [0.2, 0.25) is 0 Å². The Hall–Kier alpha value is 0.823. The normalized spacial score (nSPS) is 13.3. The van der Waals surface area contributed by atoms with Gasteiger partial charge in [0.1, 0.15) is 0 Å². The van der Waals surface area contributed by atoms with E-state index in [9.17, 15) is 0 Å². The fourth-order valence-electron chi connectivity index (χ4n) is 1.41. The van der Waals surface area contributed by atoms with Crippen molar-refractivity contribution >= 4 is 0 Å². The number of hydrogen-bond acceptors (Lipinski definition) is 3. The topological polar surface area (TPSA) is 60.7 Å². The van der Waals surface area contributed by atoms with Crippen LogP contribution in [0.2, 0.25) is 0 Å². The van der Waals surface area contributed by atoms with E-state index in [1.165, 1.54) is 16.7 Å². The Morgan fingerprint density at radius 2 is 1.05 bits per heavy atom. The third kappa shape index (κ3) is 13.6. The van der Waals surface area contributed by atoms with Crippen molar-refractivity contribution in [3.63, 3.8) is 0 Å². The maximum Gasteiger partial charge on any atom is 3.00 e. The first-order chi connectivity index (χ1) is 7.45. The average Bonchev–Trinajstić information content (AvgIpc) is 2.50. The summed E-state index contributed by atoms with van der Waals surface area (Å²) in [5.74, 6) is 0. The van der Waals surface area contributed by atoms with Crippen LogP contribution in [0.15, 0.2) is 16.7 Å². The van der Waals surface area contributed by atoms with Crippen molar-refractivity contribution in [2.45, 2.75) is 34.6 Å². The van der Waals surface area contributed by atoms with Crippen molar-refractivity contribution < 1.29 is 66.3 Å². The number of aliphatic hydroxyl groups excluding tert-OH is 3. The Labute approximate surface area is 150 Å². The second-order valence-electron chi connectivity index (χ2n) is 3.62. The molecule has 1 aliphatic carbocycles. The molecule has 0 aromatic rings. The Bertz CT molecular complexity index is 240. The number of allylic oxidation sites excluding steroid dienone is 4. The molecule has 1 aliphatic rings. The minimum atomic E-state index is 0. The van der Waals surface area contributed by atoms with E-state index < -0.39 is 0 Å². The molecule has 0 atom stereocenters. The third-order valence-corrected chi connectivity index (χ3v) is 2.56. The summed E-state index contributed by atoms with van der Waals surface area (Å²) in [5.41, 5.74) is 4.39. The summed E-state index contributed by atoms with van der Waals surface area (Å²) in [7, 11) is 3.00. The summed E-state index contributed by atoms with van der Waals surface area (Å²) in [6, 6.07) is 0. The Morgan fingerprint density at radius 1 is 0.789 bits per heavy atom. The molecule has 0 unspecified atom stereocenters. The van der Waals surface area contributed by atoms with Crippen LogP contribution in [-0.4, -0.2) is 36.6 Å². The second-order valence-corrected chi connectivity index (χ2v) is 3.62. The van der Waals surface area contributed by atoms with Crippen LogP contribution in [0.5, 0.6) is 0 Å². The van der Waals surface area contributed by atoms with Gasteiger partial charge in [0.25, 0.3) is 0 Å². The van der Waals surface area contributed by atoms with Gasteiger partial charge in [0.05, 0.1) is 0 Å². The molecule has 0 bridgehead atoms. The van der Waals surface area contributed by atoms with E-state index >= 15 is 0 Å². The molecule has 0 saturated carbocycles. The summed E-state index contributed by atoms with van der Waals surface area (Å²) in [5, 5.41) is 21.0. The summed E-state index contributed by atoms with van der Waals surface area (Å²) >= 11 is 0. The molecule has 1 rings (SSSR count). The summed E-state index contributed by atoms with van der Waals surface area (Å²) in [4.78, 5) is 0. The van der Waals surface area contributed by atoms with Gasteiger partial charge in [-0.25, -0.2) is 5.57 Å². The number of halogens is 2. The van der Waals surface area contributed by atoms with Crippen molar-refractivity contribution in [2.75, 3.05) is 21.3 Å². The monoisotopic (exact) mass is 391 g/mol. The molecular formula is C13H27Cl2O3Zr. The Balaban J connectivity index is -0.0000000418. The zero-order valence-corrected chi connectivity index (χ0v) is 17.1. The summed E-state index contributed by atoms with van der Waals surface area (Å²) in [6.45, 7) is 10.9. The predicted molar refractivity (Wildman–Crippen MR) is 69.0 cm³/mol. The molecular weight excluding hydrogens is 366 g/mol. The van der Waals surface area contributed by atoms with Gasteiger partial charge >= 0.3 is 26.2 Å². The first-order valence-corrected chi connectivity index (χ1v) is 5.09. The fourth-order valence-corrected chi connectivity index (χ4v) is 1.41. The van der Waals surface area contributed by atoms with Crippen molar-refractivity contribution in [1.29, 1.82) is 0 Å². The van der Waals surface area contributed by atoms with Gasteiger partial charge in [-0.05, 0) is 0 Å². The zero-order valence-electron chi connectivity index (χ0n) is 13.1. The molecule has 0 aliphatic heterocycles. The van der Waals surface area contributed by atoms with E-state index in [1.807, 2.05) is 0 Å². The zero-order chi connectivity index (χ0) is 13.9. The van der Waals surface area contributed by atoms with Crippen LogP contribution in [0, 0.1) is 11.5 Å². The molecule has 115 valence electrons. The molecule has 0 spiro atoms. The van der Waals surface area contributed by atoms with Crippen LogP contribution in [0.4, 0.5) is 0 Å². The molecule has 19 heavy (non-hydrogen) atoms. The molecule has 1 radical (unpaired) electrons. The molecule has 0 aromatic heterocycles. The van der Waals surface area contributed by atoms with E-state index in [-0.39, 0.29) is 56.4 Å². The summed E-state index contributed by atoms with van der Waals surface area (Å²) in [6.07, 6.45) is 3.44. The summed E-state index contributed by atoms with van der Waals surface area (Å²) < 4.78 is 0. The molecule has 0 saturated heterocycles. The van der Waals surface area contributed by atoms with Gasteiger partial charge in [-0.3, -0.25) is 6.08 Å². The van der Waals surface area contributed by atoms with Crippen LogP contribution in [0.1, 0.15) is 34.6 Å². The minimum Gasteiger partial charge on any atom is -1.00 e. The maximum absolute atomic E-state index is 7.00. The fraction of sp³-hybridized carbons (Fsp3) is 0.692. The largest absolute Gasteiger partial charge is 3.00 e. The first kappa shape index (κ1) is 36.8. The van der Waals surface area contributed by atoms with Crippen LogP contribution < -0.4 is 24.8 Å². The van der Waals surface area contributed by atoms with Crippen molar-refractivity contribution in [2.24, 2.45) is 5.41 Å². The standard InChI is InChI=1S/C10H15.3CH4O.2ClH.Zr/c1-7-6-10(4,5)9(3)8(7)2;3*1-2;;;/h1-5H3;3*2H,1H3;2*1H;/q-1;;;;;;+3/p-2. The van der Waals surface area contributed by atoms with Crippen LogP contribution in [-0.2, 0) is 26.2 Å². The average molecular weight is 393 g/mol. The molecule has 3 nitrogen and oxygen atoms in total. The van der Waals surface area contributed by atoms with E-state index in [2.05, 4.69) is 40.7 Å². The SMILES string of the molecule is CC1=[C-]C(C)(C)C(C)=C1C.CO.CO.CO.[Cl-].[Cl-].[Zr+3]. The van der Waals surface area contributed by atoms with E-state index in [4.69, 9.17) is 15.3 Å². The molecule has 0 heterocycles. The van der Waals surface area contributed by atoms with Crippen LogP contribution in [0.25, 0.3) is 0 Å². The van der Waals surface area contributed by atoms with Crippen LogP contribution >= 0.6 is 0 Å². The molecule has 0 fully saturated rings. The second kappa shape index (κ2) is 21.1. The molecule has 0 amide bonds. The molecule has 3 N–H and O–H groups in total. The van der Waals surface area contributed by atoms with Gasteiger partial charge in [0, 0.05) is 21.3 Å². The van der Waals surface area contributed by atoms with Gasteiger partial charge in [0.15, 0.2) is 0 Å².